The Labute approximate surface area is 192 Å². The Morgan fingerprint density at radius 1 is 0.879 bits per heavy atom. The molecule has 0 N–H and O–H groups in total. The molecule has 0 bridgehead atoms. The van der Waals surface area contributed by atoms with Crippen molar-refractivity contribution in [3.63, 3.8) is 0 Å². The number of rotatable bonds is 10. The minimum absolute atomic E-state index is 0.177. The molecule has 0 saturated heterocycles. The molecule has 7 nitrogen and oxygen atoms in total. The molecule has 3 aromatic carbocycles. The van der Waals surface area contributed by atoms with Crippen molar-refractivity contribution in [3.8, 4) is 28.7 Å². The van der Waals surface area contributed by atoms with Crippen LogP contribution in [-0.4, -0.2) is 33.6 Å². The molecular weight excluding hydrogens is 424 g/mol. The van der Waals surface area contributed by atoms with Crippen LogP contribution in [0.1, 0.15) is 27.9 Å². The summed E-state index contributed by atoms with van der Waals surface area (Å²) in [6.45, 7) is 0.762. The second-order valence-electron chi connectivity index (χ2n) is 7.39. The highest BCUT2D eigenvalue weighted by atomic mass is 16.7. The maximum Gasteiger partial charge on any atom is 0.338 e. The van der Waals surface area contributed by atoms with Gasteiger partial charge in [0.1, 0.15) is 23.9 Å². The number of benzene rings is 3. The molecule has 0 aliphatic carbocycles. The second-order valence-corrected chi connectivity index (χ2v) is 7.39. The highest BCUT2D eigenvalue weighted by Crippen LogP contribution is 2.39. The molecule has 1 aliphatic heterocycles. The van der Waals surface area contributed by atoms with Crippen LogP contribution in [0.4, 0.5) is 0 Å². The Morgan fingerprint density at radius 2 is 1.67 bits per heavy atom. The lowest BCUT2D eigenvalue weighted by Crippen LogP contribution is -2.07. The van der Waals surface area contributed by atoms with E-state index in [1.165, 1.54) is 0 Å². The van der Waals surface area contributed by atoms with Crippen LogP contribution in [0.15, 0.2) is 60.7 Å². The summed E-state index contributed by atoms with van der Waals surface area (Å²) in [5.41, 5.74) is 2.34. The summed E-state index contributed by atoms with van der Waals surface area (Å²) in [5, 5.41) is 0. The summed E-state index contributed by atoms with van der Waals surface area (Å²) in [5.74, 6) is 3.10. The van der Waals surface area contributed by atoms with Crippen LogP contribution in [0.3, 0.4) is 0 Å². The SMILES string of the molecule is COc1ccc(OC)c(COc2cc3c(cc2CCCOC(=O)c2ccccc2)OCO3)c1. The zero-order valence-electron chi connectivity index (χ0n) is 18.7. The van der Waals surface area contributed by atoms with E-state index in [1.807, 2.05) is 48.5 Å². The first-order chi connectivity index (χ1) is 16.2. The van der Waals surface area contributed by atoms with Gasteiger partial charge in [-0.15, -0.1) is 0 Å². The lowest BCUT2D eigenvalue weighted by atomic mass is 10.1. The molecule has 7 heteroatoms. The van der Waals surface area contributed by atoms with Crippen molar-refractivity contribution in [2.45, 2.75) is 19.4 Å². The van der Waals surface area contributed by atoms with Gasteiger partial charge >= 0.3 is 5.97 Å². The summed E-state index contributed by atoms with van der Waals surface area (Å²) in [7, 11) is 3.24. The van der Waals surface area contributed by atoms with E-state index in [2.05, 4.69) is 0 Å². The van der Waals surface area contributed by atoms with Crippen molar-refractivity contribution in [3.05, 3.63) is 77.4 Å². The van der Waals surface area contributed by atoms with Gasteiger partial charge in [-0.05, 0) is 54.8 Å². The van der Waals surface area contributed by atoms with E-state index in [4.69, 9.17) is 28.4 Å². The van der Waals surface area contributed by atoms with Gasteiger partial charge in [0, 0.05) is 11.6 Å². The summed E-state index contributed by atoms with van der Waals surface area (Å²) < 4.78 is 33.4. The molecule has 0 fully saturated rings. The highest BCUT2D eigenvalue weighted by molar-refractivity contribution is 5.89. The number of methoxy groups -OCH3 is 2. The van der Waals surface area contributed by atoms with E-state index in [0.29, 0.717) is 48.0 Å². The number of fused-ring (bicyclic) bond motifs is 1. The van der Waals surface area contributed by atoms with Crippen LogP contribution >= 0.6 is 0 Å². The number of esters is 1. The number of hydrogen-bond acceptors (Lipinski definition) is 7. The Morgan fingerprint density at radius 3 is 2.42 bits per heavy atom. The average molecular weight is 450 g/mol. The first kappa shape index (κ1) is 22.3. The number of carbonyl (C=O) groups excluding carboxylic acids is 1. The van der Waals surface area contributed by atoms with Crippen LogP contribution in [0.2, 0.25) is 0 Å². The van der Waals surface area contributed by atoms with Crippen LogP contribution in [0.5, 0.6) is 28.7 Å². The van der Waals surface area contributed by atoms with E-state index in [1.54, 1.807) is 26.4 Å². The number of hydrogen-bond donors (Lipinski definition) is 0. The maximum absolute atomic E-state index is 12.1. The monoisotopic (exact) mass is 450 g/mol. The first-order valence-corrected chi connectivity index (χ1v) is 10.7. The van der Waals surface area contributed by atoms with Crippen LogP contribution in [0, 0.1) is 0 Å². The van der Waals surface area contributed by atoms with Crippen molar-refractivity contribution < 1.29 is 33.2 Å². The molecule has 3 aromatic rings. The smallest absolute Gasteiger partial charge is 0.338 e. The molecule has 172 valence electrons. The third-order valence-electron chi connectivity index (χ3n) is 5.26. The van der Waals surface area contributed by atoms with Crippen molar-refractivity contribution in [2.75, 3.05) is 27.6 Å². The fourth-order valence-corrected chi connectivity index (χ4v) is 3.53. The third-order valence-corrected chi connectivity index (χ3v) is 5.26. The molecule has 0 atom stereocenters. The molecule has 0 aromatic heterocycles. The molecule has 4 rings (SSSR count). The van der Waals surface area contributed by atoms with Gasteiger partial charge in [0.05, 0.1) is 26.4 Å². The van der Waals surface area contributed by atoms with E-state index < -0.39 is 0 Å². The van der Waals surface area contributed by atoms with Crippen LogP contribution in [0.25, 0.3) is 0 Å². The summed E-state index contributed by atoms with van der Waals surface area (Å²) >= 11 is 0. The molecule has 0 amide bonds. The fraction of sp³-hybridized carbons (Fsp3) is 0.269. The van der Waals surface area contributed by atoms with E-state index in [9.17, 15) is 4.79 Å². The van der Waals surface area contributed by atoms with Crippen molar-refractivity contribution in [2.24, 2.45) is 0 Å². The van der Waals surface area contributed by atoms with Gasteiger partial charge in [-0.3, -0.25) is 0 Å². The summed E-state index contributed by atoms with van der Waals surface area (Å²) in [6.07, 6.45) is 1.28. The Hall–Kier alpha value is -3.87. The average Bonchev–Trinajstić information content (AvgIpc) is 3.32. The number of ether oxygens (including phenoxy) is 6. The van der Waals surface area contributed by atoms with Gasteiger partial charge in [-0.2, -0.15) is 0 Å². The van der Waals surface area contributed by atoms with Gasteiger partial charge in [0.15, 0.2) is 11.5 Å². The Kier molecular flexibility index (Phi) is 7.19. The molecule has 0 spiro atoms. The predicted octanol–water partition coefficient (Wildman–Crippen LogP) is 4.80. The summed E-state index contributed by atoms with van der Waals surface area (Å²) in [6, 6.07) is 18.3. The normalized spacial score (nSPS) is 11.7. The molecule has 33 heavy (non-hydrogen) atoms. The minimum atomic E-state index is -0.331. The molecular formula is C26H26O7. The topological polar surface area (TPSA) is 72.5 Å². The van der Waals surface area contributed by atoms with Gasteiger partial charge in [-0.25, -0.2) is 4.79 Å². The second kappa shape index (κ2) is 10.6. The quantitative estimate of drug-likeness (QED) is 0.324. The number of aryl methyl sites for hydroxylation is 1. The van der Waals surface area contributed by atoms with E-state index in [0.717, 1.165) is 16.9 Å². The first-order valence-electron chi connectivity index (χ1n) is 10.7. The summed E-state index contributed by atoms with van der Waals surface area (Å²) in [4.78, 5) is 12.1. The van der Waals surface area contributed by atoms with Crippen molar-refractivity contribution in [1.29, 1.82) is 0 Å². The Balaban J connectivity index is 1.42. The highest BCUT2D eigenvalue weighted by Gasteiger charge is 2.19. The van der Waals surface area contributed by atoms with Gasteiger partial charge in [-0.1, -0.05) is 18.2 Å². The molecule has 0 radical (unpaired) electrons. The third kappa shape index (κ3) is 5.49. The lowest BCUT2D eigenvalue weighted by molar-refractivity contribution is 0.0500. The van der Waals surface area contributed by atoms with Crippen molar-refractivity contribution >= 4 is 5.97 Å². The molecule has 1 aliphatic rings. The van der Waals surface area contributed by atoms with Crippen LogP contribution in [-0.2, 0) is 17.8 Å². The van der Waals surface area contributed by atoms with E-state index >= 15 is 0 Å². The number of carbonyl (C=O) groups is 1. The van der Waals surface area contributed by atoms with Crippen LogP contribution < -0.4 is 23.7 Å². The predicted molar refractivity (Wildman–Crippen MR) is 121 cm³/mol. The molecule has 0 saturated carbocycles. The zero-order chi connectivity index (χ0) is 23.0. The molecule has 0 unspecified atom stereocenters. The largest absolute Gasteiger partial charge is 0.497 e. The fourth-order valence-electron chi connectivity index (χ4n) is 3.53. The van der Waals surface area contributed by atoms with E-state index in [-0.39, 0.29) is 19.4 Å². The van der Waals surface area contributed by atoms with Crippen molar-refractivity contribution in [1.82, 2.24) is 0 Å². The minimum Gasteiger partial charge on any atom is -0.497 e. The molecule has 1 heterocycles. The maximum atomic E-state index is 12.1. The van der Waals surface area contributed by atoms with Gasteiger partial charge < -0.3 is 28.4 Å². The standard InChI is InChI=1S/C26H26O7/c1-28-21-10-11-22(29-2)20(13-21)16-31-23-15-25-24(32-17-33-25)14-19(23)9-6-12-30-26(27)18-7-4-3-5-8-18/h3-5,7-8,10-11,13-15H,6,9,12,16-17H2,1-2H3. The van der Waals surface area contributed by atoms with Gasteiger partial charge in [0.2, 0.25) is 6.79 Å². The van der Waals surface area contributed by atoms with Gasteiger partial charge in [0.25, 0.3) is 0 Å². The Bertz CT molecular complexity index is 1100. The lowest BCUT2D eigenvalue weighted by Gasteiger charge is -2.15. The zero-order valence-corrected chi connectivity index (χ0v) is 18.7.